The summed E-state index contributed by atoms with van der Waals surface area (Å²) in [6, 6.07) is 2.08. The van der Waals surface area contributed by atoms with Crippen LogP contribution in [0.4, 0.5) is 5.69 Å². The number of aliphatic hydroxyl groups is 1. The monoisotopic (exact) mass is 250 g/mol. The van der Waals surface area contributed by atoms with Crippen LogP contribution in [-0.2, 0) is 0 Å². The zero-order valence-electron chi connectivity index (χ0n) is 11.1. The Morgan fingerprint density at radius 2 is 2.11 bits per heavy atom. The van der Waals surface area contributed by atoms with E-state index in [9.17, 15) is 5.11 Å². The number of aromatic nitrogens is 1. The van der Waals surface area contributed by atoms with E-state index in [2.05, 4.69) is 10.3 Å². The molecule has 1 heterocycles. The van der Waals surface area contributed by atoms with Crippen molar-refractivity contribution in [3.8, 4) is 5.75 Å². The van der Waals surface area contributed by atoms with Gasteiger partial charge in [-0.15, -0.1) is 0 Å². The summed E-state index contributed by atoms with van der Waals surface area (Å²) in [5.74, 6) is 0.733. The molecule has 1 aliphatic rings. The summed E-state index contributed by atoms with van der Waals surface area (Å²) in [5.41, 5.74) is 1.87. The number of rotatable bonds is 3. The molecule has 1 fully saturated rings. The summed E-state index contributed by atoms with van der Waals surface area (Å²) < 4.78 is 5.30. The Balaban J connectivity index is 2.13. The first-order valence-electron chi connectivity index (χ1n) is 6.66. The topological polar surface area (TPSA) is 54.4 Å². The van der Waals surface area contributed by atoms with E-state index in [0.717, 1.165) is 36.4 Å². The van der Waals surface area contributed by atoms with Crippen molar-refractivity contribution in [2.75, 3.05) is 12.4 Å². The van der Waals surface area contributed by atoms with Gasteiger partial charge in [0.25, 0.3) is 0 Å². The van der Waals surface area contributed by atoms with Crippen molar-refractivity contribution in [2.24, 2.45) is 0 Å². The highest BCUT2D eigenvalue weighted by Crippen LogP contribution is 2.28. The van der Waals surface area contributed by atoms with E-state index in [1.54, 1.807) is 13.3 Å². The molecule has 2 rings (SSSR count). The fraction of sp³-hybridized carbons (Fsp3) is 0.643. The normalized spacial score (nSPS) is 24.4. The molecular formula is C14H22N2O2. The molecule has 1 saturated carbocycles. The van der Waals surface area contributed by atoms with Gasteiger partial charge in [0.1, 0.15) is 0 Å². The van der Waals surface area contributed by atoms with Crippen molar-refractivity contribution in [2.45, 2.75) is 51.2 Å². The third-order valence-corrected chi connectivity index (χ3v) is 3.54. The van der Waals surface area contributed by atoms with Crippen LogP contribution in [0.1, 0.15) is 37.8 Å². The Kier molecular flexibility index (Phi) is 4.42. The molecule has 4 heteroatoms. The molecule has 1 aromatic rings. The van der Waals surface area contributed by atoms with Gasteiger partial charge in [0.2, 0.25) is 0 Å². The van der Waals surface area contributed by atoms with Gasteiger partial charge >= 0.3 is 0 Å². The number of nitrogens with zero attached hydrogens (tertiary/aromatic N) is 1. The van der Waals surface area contributed by atoms with Gasteiger partial charge in [-0.05, 0) is 25.8 Å². The number of hydrogen-bond acceptors (Lipinski definition) is 4. The first kappa shape index (κ1) is 13.1. The summed E-state index contributed by atoms with van der Waals surface area (Å²) in [5, 5.41) is 13.5. The molecule has 18 heavy (non-hydrogen) atoms. The van der Waals surface area contributed by atoms with Crippen LogP contribution in [0.2, 0.25) is 0 Å². The Bertz CT molecular complexity index is 395. The minimum atomic E-state index is -0.273. The smallest absolute Gasteiger partial charge is 0.160 e. The van der Waals surface area contributed by atoms with Gasteiger partial charge in [-0.2, -0.15) is 0 Å². The molecule has 0 aromatic carbocycles. The van der Waals surface area contributed by atoms with Gasteiger partial charge in [-0.1, -0.05) is 19.3 Å². The van der Waals surface area contributed by atoms with Gasteiger partial charge in [-0.3, -0.25) is 4.98 Å². The lowest BCUT2D eigenvalue weighted by molar-refractivity contribution is 0.144. The maximum Gasteiger partial charge on any atom is 0.160 e. The Morgan fingerprint density at radius 1 is 1.33 bits per heavy atom. The number of pyridine rings is 1. The zero-order chi connectivity index (χ0) is 13.0. The first-order chi connectivity index (χ1) is 8.70. The number of nitrogens with one attached hydrogen (secondary N) is 1. The number of ether oxygens (including phenoxy) is 1. The third kappa shape index (κ3) is 3.13. The van der Waals surface area contributed by atoms with E-state index in [1.165, 1.54) is 12.8 Å². The van der Waals surface area contributed by atoms with E-state index in [0.29, 0.717) is 0 Å². The molecule has 0 radical (unpaired) electrons. The van der Waals surface area contributed by atoms with Crippen LogP contribution in [0.15, 0.2) is 12.3 Å². The van der Waals surface area contributed by atoms with Crippen LogP contribution in [0.5, 0.6) is 5.75 Å². The van der Waals surface area contributed by atoms with E-state index < -0.39 is 0 Å². The van der Waals surface area contributed by atoms with Crippen LogP contribution < -0.4 is 10.1 Å². The number of aliphatic hydroxyl groups excluding tert-OH is 1. The molecular weight excluding hydrogens is 228 g/mol. The van der Waals surface area contributed by atoms with Gasteiger partial charge < -0.3 is 15.2 Å². The zero-order valence-corrected chi connectivity index (χ0v) is 11.1. The highest BCUT2D eigenvalue weighted by Gasteiger charge is 2.22. The van der Waals surface area contributed by atoms with E-state index >= 15 is 0 Å². The predicted octanol–water partition coefficient (Wildman–Crippen LogP) is 2.50. The summed E-state index contributed by atoms with van der Waals surface area (Å²) in [7, 11) is 1.64. The molecule has 0 saturated heterocycles. The average molecular weight is 250 g/mol. The molecule has 1 aromatic heterocycles. The standard InChI is InChI=1S/C14H22N2O2/c1-10-8-12(14(18-2)9-15-10)16-11-6-4-3-5-7-13(11)17/h8-9,11,13,17H,3-7H2,1-2H3,(H,15,16). The molecule has 4 nitrogen and oxygen atoms in total. The van der Waals surface area contributed by atoms with Crippen molar-refractivity contribution in [3.05, 3.63) is 18.0 Å². The molecule has 0 aliphatic heterocycles. The summed E-state index contributed by atoms with van der Waals surface area (Å²) in [6.07, 6.45) is 6.83. The highest BCUT2D eigenvalue weighted by atomic mass is 16.5. The molecule has 2 N–H and O–H groups in total. The molecule has 0 bridgehead atoms. The quantitative estimate of drug-likeness (QED) is 0.809. The lowest BCUT2D eigenvalue weighted by Gasteiger charge is -2.24. The second-order valence-corrected chi connectivity index (χ2v) is 4.98. The average Bonchev–Trinajstić information content (AvgIpc) is 2.55. The summed E-state index contributed by atoms with van der Waals surface area (Å²) in [4.78, 5) is 4.21. The van der Waals surface area contributed by atoms with Crippen LogP contribution in [0.25, 0.3) is 0 Å². The lowest BCUT2D eigenvalue weighted by atomic mass is 10.1. The van der Waals surface area contributed by atoms with Crippen molar-refractivity contribution in [1.29, 1.82) is 0 Å². The van der Waals surface area contributed by atoms with Gasteiger partial charge in [0.05, 0.1) is 31.1 Å². The first-order valence-corrected chi connectivity index (χ1v) is 6.66. The second-order valence-electron chi connectivity index (χ2n) is 4.98. The van der Waals surface area contributed by atoms with Gasteiger partial charge in [0.15, 0.2) is 5.75 Å². The minimum Gasteiger partial charge on any atom is -0.493 e. The molecule has 2 atom stereocenters. The Morgan fingerprint density at radius 3 is 2.89 bits per heavy atom. The largest absolute Gasteiger partial charge is 0.493 e. The number of aryl methyl sites for hydroxylation is 1. The maximum atomic E-state index is 10.1. The van der Waals surface area contributed by atoms with Crippen molar-refractivity contribution < 1.29 is 9.84 Å². The fourth-order valence-electron chi connectivity index (χ4n) is 2.48. The molecule has 0 spiro atoms. The third-order valence-electron chi connectivity index (χ3n) is 3.54. The Hall–Kier alpha value is -1.29. The fourth-order valence-corrected chi connectivity index (χ4v) is 2.48. The van der Waals surface area contributed by atoms with Crippen molar-refractivity contribution in [3.63, 3.8) is 0 Å². The summed E-state index contributed by atoms with van der Waals surface area (Å²) in [6.45, 7) is 1.95. The van der Waals surface area contributed by atoms with Gasteiger partial charge in [0, 0.05) is 5.69 Å². The molecule has 100 valence electrons. The van der Waals surface area contributed by atoms with E-state index in [4.69, 9.17) is 4.74 Å². The van der Waals surface area contributed by atoms with Crippen molar-refractivity contribution >= 4 is 5.69 Å². The van der Waals surface area contributed by atoms with Crippen LogP contribution in [0, 0.1) is 6.92 Å². The molecule has 2 unspecified atom stereocenters. The van der Waals surface area contributed by atoms with Crippen LogP contribution in [0.3, 0.4) is 0 Å². The van der Waals surface area contributed by atoms with Crippen molar-refractivity contribution in [1.82, 2.24) is 4.98 Å². The molecule has 0 amide bonds. The van der Waals surface area contributed by atoms with E-state index in [1.807, 2.05) is 13.0 Å². The number of anilines is 1. The number of methoxy groups -OCH3 is 1. The summed E-state index contributed by atoms with van der Waals surface area (Å²) >= 11 is 0. The predicted molar refractivity (Wildman–Crippen MR) is 72.0 cm³/mol. The SMILES string of the molecule is COc1cnc(C)cc1NC1CCCCCC1O. The number of hydrogen-bond donors (Lipinski definition) is 2. The second kappa shape index (κ2) is 6.05. The molecule has 1 aliphatic carbocycles. The maximum absolute atomic E-state index is 10.1. The van der Waals surface area contributed by atoms with E-state index in [-0.39, 0.29) is 12.1 Å². The van der Waals surface area contributed by atoms with Gasteiger partial charge in [-0.25, -0.2) is 0 Å². The van der Waals surface area contributed by atoms with Crippen LogP contribution in [-0.4, -0.2) is 29.3 Å². The highest BCUT2D eigenvalue weighted by molar-refractivity contribution is 5.56. The minimum absolute atomic E-state index is 0.114. The lowest BCUT2D eigenvalue weighted by Crippen LogP contribution is -2.32. The van der Waals surface area contributed by atoms with Crippen LogP contribution >= 0.6 is 0 Å². The Labute approximate surface area is 108 Å².